The van der Waals surface area contributed by atoms with Crippen LogP contribution < -0.4 is 5.73 Å². The second-order valence-corrected chi connectivity index (χ2v) is 7.00. The summed E-state index contributed by atoms with van der Waals surface area (Å²) in [5.74, 6) is 6.17. The molecule has 1 aliphatic rings. The van der Waals surface area contributed by atoms with Crippen molar-refractivity contribution in [2.45, 2.75) is 18.9 Å². The van der Waals surface area contributed by atoms with Crippen LogP contribution in [0.5, 0.6) is 0 Å². The lowest BCUT2D eigenvalue weighted by molar-refractivity contribution is -0.137. The number of anilines is 1. The third-order valence-electron chi connectivity index (χ3n) is 4.79. The Kier molecular flexibility index (Phi) is 4.21. The molecule has 140 valence electrons. The van der Waals surface area contributed by atoms with Crippen molar-refractivity contribution in [1.29, 1.82) is 0 Å². The van der Waals surface area contributed by atoms with Crippen LogP contribution >= 0.6 is 0 Å². The van der Waals surface area contributed by atoms with E-state index in [4.69, 9.17) is 5.73 Å². The molecule has 0 aliphatic carbocycles. The van der Waals surface area contributed by atoms with E-state index in [0.717, 1.165) is 16.5 Å². The minimum atomic E-state index is -1.63. The number of carbonyl (C=O) groups is 1. The van der Waals surface area contributed by atoms with Crippen LogP contribution in [-0.4, -0.2) is 50.1 Å². The van der Waals surface area contributed by atoms with Crippen molar-refractivity contribution in [3.63, 3.8) is 0 Å². The van der Waals surface area contributed by atoms with E-state index in [-0.39, 0.29) is 5.91 Å². The molecule has 3 heterocycles. The number of nitrogens with two attached hydrogens (primary N) is 1. The Morgan fingerprint density at radius 2 is 2.11 bits per heavy atom. The number of amides is 1. The lowest BCUT2D eigenvalue weighted by Crippen LogP contribution is -2.37. The molecule has 3 aromatic rings. The Morgan fingerprint density at radius 3 is 2.86 bits per heavy atom. The molecule has 0 spiro atoms. The van der Waals surface area contributed by atoms with Gasteiger partial charge in [0.25, 0.3) is 5.91 Å². The summed E-state index contributed by atoms with van der Waals surface area (Å²) < 4.78 is 0. The fourth-order valence-corrected chi connectivity index (χ4v) is 3.25. The smallest absolute Gasteiger partial charge is 0.267 e. The highest BCUT2D eigenvalue weighted by atomic mass is 16.3. The number of likely N-dealkylation sites (tertiary alicyclic amines) is 1. The van der Waals surface area contributed by atoms with Gasteiger partial charge in [0.05, 0.1) is 0 Å². The molecule has 0 bridgehead atoms. The maximum atomic E-state index is 12.1. The molecular weight excluding hydrogens is 354 g/mol. The van der Waals surface area contributed by atoms with Crippen molar-refractivity contribution < 1.29 is 9.90 Å². The summed E-state index contributed by atoms with van der Waals surface area (Å²) in [5.41, 5.74) is 7.31. The highest BCUT2D eigenvalue weighted by molar-refractivity contribution is 5.90. The largest absolute Gasteiger partial charge is 0.382 e. The first kappa shape index (κ1) is 17.9. The first-order valence-corrected chi connectivity index (χ1v) is 8.86. The van der Waals surface area contributed by atoms with E-state index in [0.29, 0.717) is 35.7 Å². The number of aryl methyl sites for hydroxylation is 1. The number of nitrogen functional groups attached to an aromatic ring is 1. The predicted molar refractivity (Wildman–Crippen MR) is 106 cm³/mol. The van der Waals surface area contributed by atoms with Gasteiger partial charge >= 0.3 is 0 Å². The fraction of sp³-hybridized carbons (Fsp3) is 0.238. The summed E-state index contributed by atoms with van der Waals surface area (Å²) in [6, 6.07) is 7.47. The molecule has 1 saturated heterocycles. The van der Waals surface area contributed by atoms with Crippen LogP contribution in [0.2, 0.25) is 0 Å². The number of likely N-dealkylation sites (N-methyl/N-ethyl adjacent to an activating group) is 1. The van der Waals surface area contributed by atoms with Crippen molar-refractivity contribution in [3.8, 4) is 23.2 Å². The highest BCUT2D eigenvalue weighted by Gasteiger charge is 2.42. The molecule has 1 amide bonds. The lowest BCUT2D eigenvalue weighted by atomic mass is 10.0. The third kappa shape index (κ3) is 3.15. The fourth-order valence-electron chi connectivity index (χ4n) is 3.25. The molecule has 7 heteroatoms. The van der Waals surface area contributed by atoms with Crippen LogP contribution in [0.3, 0.4) is 0 Å². The van der Waals surface area contributed by atoms with Crippen LogP contribution in [0.25, 0.3) is 22.3 Å². The number of benzene rings is 1. The Hall–Kier alpha value is -3.50. The van der Waals surface area contributed by atoms with E-state index in [1.54, 1.807) is 25.5 Å². The van der Waals surface area contributed by atoms with Gasteiger partial charge in [-0.2, -0.15) is 0 Å². The predicted octanol–water partition coefficient (Wildman–Crippen LogP) is 1.53. The molecular formula is C21H19N5O2. The molecule has 3 N–H and O–H groups in total. The molecule has 28 heavy (non-hydrogen) atoms. The quantitative estimate of drug-likeness (QED) is 0.627. The number of nitrogens with zero attached hydrogens (tertiary/aromatic N) is 4. The molecule has 0 unspecified atom stereocenters. The normalized spacial score (nSPS) is 19.0. The molecule has 1 atom stereocenters. The Morgan fingerprint density at radius 1 is 1.29 bits per heavy atom. The zero-order chi connectivity index (χ0) is 19.9. The maximum absolute atomic E-state index is 12.1. The minimum absolute atomic E-state index is 0.300. The summed E-state index contributed by atoms with van der Waals surface area (Å²) in [6.45, 7) is 2.43. The minimum Gasteiger partial charge on any atom is -0.382 e. The summed E-state index contributed by atoms with van der Waals surface area (Å²) in [6.07, 6.45) is 3.63. The summed E-state index contributed by atoms with van der Waals surface area (Å²) in [4.78, 5) is 26.6. The number of fused-ring (bicyclic) bond motifs is 1. The van der Waals surface area contributed by atoms with Crippen molar-refractivity contribution in [2.75, 3.05) is 19.3 Å². The van der Waals surface area contributed by atoms with Crippen molar-refractivity contribution in [3.05, 3.63) is 47.8 Å². The first-order valence-electron chi connectivity index (χ1n) is 8.86. The number of aromatic nitrogens is 3. The van der Waals surface area contributed by atoms with Gasteiger partial charge in [-0.15, -0.1) is 0 Å². The van der Waals surface area contributed by atoms with E-state index in [9.17, 15) is 9.90 Å². The van der Waals surface area contributed by atoms with Crippen LogP contribution in [0.15, 0.2) is 36.7 Å². The van der Waals surface area contributed by atoms with Crippen molar-refractivity contribution >= 4 is 22.6 Å². The van der Waals surface area contributed by atoms with Crippen molar-refractivity contribution in [2.24, 2.45) is 0 Å². The van der Waals surface area contributed by atoms with Gasteiger partial charge < -0.3 is 15.7 Å². The van der Waals surface area contributed by atoms with Gasteiger partial charge in [-0.3, -0.25) is 4.79 Å². The second-order valence-electron chi connectivity index (χ2n) is 7.00. The van der Waals surface area contributed by atoms with Crippen LogP contribution in [-0.2, 0) is 4.79 Å². The van der Waals surface area contributed by atoms with Crippen LogP contribution in [0.1, 0.15) is 17.5 Å². The van der Waals surface area contributed by atoms with E-state index in [2.05, 4.69) is 26.8 Å². The van der Waals surface area contributed by atoms with Gasteiger partial charge in [0, 0.05) is 48.9 Å². The van der Waals surface area contributed by atoms with E-state index in [1.165, 1.54) is 4.90 Å². The van der Waals surface area contributed by atoms with E-state index < -0.39 is 5.60 Å². The van der Waals surface area contributed by atoms with Gasteiger partial charge in [0.1, 0.15) is 11.3 Å². The van der Waals surface area contributed by atoms with Gasteiger partial charge in [0.2, 0.25) is 5.60 Å². The molecule has 7 nitrogen and oxygen atoms in total. The number of hydrogen-bond donors (Lipinski definition) is 2. The SMILES string of the molecule is Cc1cc(C#C[C@@]2(O)CCN(C)C2=O)cc(-c2ncc3ccnc(N)c3n2)c1. The average Bonchev–Trinajstić information content (AvgIpc) is 2.94. The molecule has 0 radical (unpaired) electrons. The molecule has 1 fully saturated rings. The number of hydrogen-bond acceptors (Lipinski definition) is 6. The first-order chi connectivity index (χ1) is 13.4. The zero-order valence-corrected chi connectivity index (χ0v) is 15.6. The number of aliphatic hydroxyl groups is 1. The van der Waals surface area contributed by atoms with Gasteiger partial charge in [0.15, 0.2) is 5.82 Å². The number of carbonyl (C=O) groups excluding carboxylic acids is 1. The topological polar surface area (TPSA) is 105 Å². The molecule has 4 rings (SSSR count). The zero-order valence-electron chi connectivity index (χ0n) is 15.6. The van der Waals surface area contributed by atoms with Gasteiger partial charge in [-0.05, 0) is 36.8 Å². The monoisotopic (exact) mass is 373 g/mol. The summed E-state index contributed by atoms with van der Waals surface area (Å²) >= 11 is 0. The standard InChI is InChI=1S/C21H19N5O2/c1-13-9-14(3-5-21(28)6-8-26(2)20(21)27)11-16(10-13)19-24-12-15-4-7-23-18(22)17(15)25-19/h4,7,9-12,28H,6,8H2,1-2H3,(H2,22,23)/t21-/m1/s1. The van der Waals surface area contributed by atoms with Gasteiger partial charge in [-0.25, -0.2) is 15.0 Å². The molecule has 1 aromatic carbocycles. The van der Waals surface area contributed by atoms with E-state index in [1.807, 2.05) is 25.1 Å². The Labute approximate surface area is 162 Å². The number of rotatable bonds is 1. The third-order valence-corrected chi connectivity index (χ3v) is 4.79. The summed E-state index contributed by atoms with van der Waals surface area (Å²) in [5, 5.41) is 11.3. The van der Waals surface area contributed by atoms with Crippen LogP contribution in [0.4, 0.5) is 5.82 Å². The molecule has 0 saturated carbocycles. The van der Waals surface area contributed by atoms with Crippen LogP contribution in [0, 0.1) is 18.8 Å². The van der Waals surface area contributed by atoms with Gasteiger partial charge in [-0.1, -0.05) is 11.8 Å². The van der Waals surface area contributed by atoms with E-state index >= 15 is 0 Å². The summed E-state index contributed by atoms with van der Waals surface area (Å²) in [7, 11) is 1.66. The van der Waals surface area contributed by atoms with Crippen molar-refractivity contribution in [1.82, 2.24) is 19.9 Å². The Balaban J connectivity index is 1.74. The average molecular weight is 373 g/mol. The lowest BCUT2D eigenvalue weighted by Gasteiger charge is -2.13. The second kappa shape index (κ2) is 6.59. The maximum Gasteiger partial charge on any atom is 0.267 e. The molecule has 2 aromatic heterocycles. The number of pyridine rings is 1. The molecule has 1 aliphatic heterocycles. The highest BCUT2D eigenvalue weighted by Crippen LogP contribution is 2.24. The Bertz CT molecular complexity index is 1160.